The zero-order chi connectivity index (χ0) is 20.5. The minimum absolute atomic E-state index is 0.219. The molecular weight excluding hydrogens is 461 g/mol. The summed E-state index contributed by atoms with van der Waals surface area (Å²) in [5.41, 5.74) is 1.56. The number of aromatic nitrogens is 1. The van der Waals surface area contributed by atoms with E-state index in [-0.39, 0.29) is 18.0 Å². The number of benzene rings is 2. The Morgan fingerprint density at radius 2 is 2.17 bits per heavy atom. The van der Waals surface area contributed by atoms with Crippen LogP contribution in [0.15, 0.2) is 52.4 Å². The summed E-state index contributed by atoms with van der Waals surface area (Å²) in [6.07, 6.45) is 1.56. The smallest absolute Gasteiger partial charge is 0.255 e. The Bertz CT molecular complexity index is 1090. The van der Waals surface area contributed by atoms with Crippen LogP contribution in [-0.2, 0) is 11.3 Å². The highest BCUT2D eigenvalue weighted by atomic mass is 79.9. The molecule has 29 heavy (non-hydrogen) atoms. The van der Waals surface area contributed by atoms with E-state index in [4.69, 9.17) is 4.74 Å². The summed E-state index contributed by atoms with van der Waals surface area (Å²) in [6, 6.07) is 8.20. The lowest BCUT2D eigenvalue weighted by Gasteiger charge is -2.28. The van der Waals surface area contributed by atoms with E-state index in [1.807, 2.05) is 12.1 Å². The van der Waals surface area contributed by atoms with Gasteiger partial charge in [0, 0.05) is 33.7 Å². The van der Waals surface area contributed by atoms with Gasteiger partial charge in [-0.3, -0.25) is 14.9 Å². The van der Waals surface area contributed by atoms with Gasteiger partial charge in [0.2, 0.25) is 0 Å². The standard InChI is InChI=1S/C20H15BrFN3O3S/c1-28-16-5-4-13(22)9-15(16)17(18(26)24-20-23-6-7-29-20)25-10-11-2-3-12(21)8-14(11)19(25)27/h2-9,17H,10H2,1H3,(H,23,24,26). The normalized spacial score (nSPS) is 13.9. The molecule has 0 saturated carbocycles. The van der Waals surface area contributed by atoms with Crippen molar-refractivity contribution in [3.8, 4) is 5.75 Å². The van der Waals surface area contributed by atoms with Gasteiger partial charge in [-0.15, -0.1) is 11.3 Å². The third kappa shape index (κ3) is 3.75. The second kappa shape index (κ2) is 7.92. The van der Waals surface area contributed by atoms with Crippen molar-refractivity contribution in [2.75, 3.05) is 12.4 Å². The van der Waals surface area contributed by atoms with Crippen LogP contribution in [0.4, 0.5) is 9.52 Å². The maximum atomic E-state index is 14.1. The van der Waals surface area contributed by atoms with Crippen molar-refractivity contribution >= 4 is 44.2 Å². The fourth-order valence-electron chi connectivity index (χ4n) is 3.33. The Hall–Kier alpha value is -2.78. The summed E-state index contributed by atoms with van der Waals surface area (Å²) in [4.78, 5) is 31.8. The third-order valence-electron chi connectivity index (χ3n) is 4.61. The van der Waals surface area contributed by atoms with Crippen LogP contribution in [0, 0.1) is 5.82 Å². The first kappa shape index (κ1) is 19.5. The molecule has 148 valence electrons. The lowest BCUT2D eigenvalue weighted by Crippen LogP contribution is -2.37. The van der Waals surface area contributed by atoms with Gasteiger partial charge in [0.25, 0.3) is 11.8 Å². The second-order valence-electron chi connectivity index (χ2n) is 6.35. The summed E-state index contributed by atoms with van der Waals surface area (Å²) in [5, 5.41) is 4.83. The van der Waals surface area contributed by atoms with Gasteiger partial charge in [-0.2, -0.15) is 0 Å². The Kier molecular flexibility index (Phi) is 5.33. The SMILES string of the molecule is COc1ccc(F)cc1C(C(=O)Nc1nccs1)N1Cc2ccc(Br)cc2C1=O. The number of methoxy groups -OCH3 is 1. The van der Waals surface area contributed by atoms with Crippen molar-refractivity contribution < 1.29 is 18.7 Å². The molecule has 1 atom stereocenters. The molecule has 2 heterocycles. The van der Waals surface area contributed by atoms with Gasteiger partial charge in [0.1, 0.15) is 17.6 Å². The number of nitrogens with zero attached hydrogens (tertiary/aromatic N) is 2. The first-order valence-electron chi connectivity index (χ1n) is 8.61. The predicted octanol–water partition coefficient (Wildman–Crippen LogP) is 4.39. The van der Waals surface area contributed by atoms with Crippen LogP contribution < -0.4 is 10.1 Å². The molecule has 1 N–H and O–H groups in total. The summed E-state index contributed by atoms with van der Waals surface area (Å²) in [5.74, 6) is -1.02. The molecule has 1 aromatic heterocycles. The van der Waals surface area contributed by atoms with Crippen LogP contribution in [0.2, 0.25) is 0 Å². The van der Waals surface area contributed by atoms with Gasteiger partial charge in [0.15, 0.2) is 5.13 Å². The summed E-state index contributed by atoms with van der Waals surface area (Å²) in [6.45, 7) is 0.219. The molecule has 0 fully saturated rings. The largest absolute Gasteiger partial charge is 0.496 e. The number of halogens is 2. The van der Waals surface area contributed by atoms with Crippen molar-refractivity contribution in [2.24, 2.45) is 0 Å². The van der Waals surface area contributed by atoms with Gasteiger partial charge < -0.3 is 9.64 Å². The first-order chi connectivity index (χ1) is 14.0. The lowest BCUT2D eigenvalue weighted by atomic mass is 10.0. The molecule has 0 aliphatic carbocycles. The quantitative estimate of drug-likeness (QED) is 0.593. The van der Waals surface area contributed by atoms with Crippen LogP contribution in [0.3, 0.4) is 0 Å². The summed E-state index contributed by atoms with van der Waals surface area (Å²) in [7, 11) is 1.43. The number of rotatable bonds is 5. The Balaban J connectivity index is 1.78. The number of thiazole rings is 1. The van der Waals surface area contributed by atoms with Crippen molar-refractivity contribution in [2.45, 2.75) is 12.6 Å². The molecule has 1 unspecified atom stereocenters. The molecule has 2 aromatic carbocycles. The number of amides is 2. The maximum absolute atomic E-state index is 14.1. The highest BCUT2D eigenvalue weighted by Crippen LogP contribution is 2.37. The Morgan fingerprint density at radius 3 is 2.90 bits per heavy atom. The molecule has 4 rings (SSSR count). The Labute approximate surface area is 178 Å². The van der Waals surface area contributed by atoms with E-state index < -0.39 is 17.8 Å². The van der Waals surface area contributed by atoms with Crippen LogP contribution in [0.1, 0.15) is 27.5 Å². The van der Waals surface area contributed by atoms with Crippen LogP contribution in [-0.4, -0.2) is 28.8 Å². The van der Waals surface area contributed by atoms with Crippen LogP contribution in [0.5, 0.6) is 5.75 Å². The zero-order valence-electron chi connectivity index (χ0n) is 15.2. The lowest BCUT2D eigenvalue weighted by molar-refractivity contribution is -0.120. The van der Waals surface area contributed by atoms with E-state index in [9.17, 15) is 14.0 Å². The maximum Gasteiger partial charge on any atom is 0.255 e. The van der Waals surface area contributed by atoms with Crippen molar-refractivity contribution in [1.82, 2.24) is 9.88 Å². The second-order valence-corrected chi connectivity index (χ2v) is 8.16. The number of ether oxygens (including phenoxy) is 1. The molecule has 3 aromatic rings. The molecule has 0 radical (unpaired) electrons. The van der Waals surface area contributed by atoms with Crippen LogP contribution in [0.25, 0.3) is 0 Å². The molecule has 0 saturated heterocycles. The highest BCUT2D eigenvalue weighted by Gasteiger charge is 2.39. The Morgan fingerprint density at radius 1 is 1.34 bits per heavy atom. The van der Waals surface area contributed by atoms with Crippen molar-refractivity contribution in [3.63, 3.8) is 0 Å². The van der Waals surface area contributed by atoms with Gasteiger partial charge >= 0.3 is 0 Å². The van der Waals surface area contributed by atoms with E-state index in [0.717, 1.165) is 10.0 Å². The average molecular weight is 476 g/mol. The molecule has 2 amide bonds. The van der Waals surface area contributed by atoms with E-state index in [1.54, 1.807) is 17.6 Å². The molecule has 0 bridgehead atoms. The average Bonchev–Trinajstić information content (AvgIpc) is 3.31. The van der Waals surface area contributed by atoms with Gasteiger partial charge in [-0.1, -0.05) is 22.0 Å². The monoisotopic (exact) mass is 475 g/mol. The van der Waals surface area contributed by atoms with Crippen molar-refractivity contribution in [3.05, 3.63) is 75.0 Å². The molecule has 6 nitrogen and oxygen atoms in total. The zero-order valence-corrected chi connectivity index (χ0v) is 17.6. The number of hydrogen-bond donors (Lipinski definition) is 1. The number of anilines is 1. The summed E-state index contributed by atoms with van der Waals surface area (Å²) >= 11 is 4.62. The van der Waals surface area contributed by atoms with Gasteiger partial charge in [-0.25, -0.2) is 9.37 Å². The number of fused-ring (bicyclic) bond motifs is 1. The number of carbonyl (C=O) groups excluding carboxylic acids is 2. The highest BCUT2D eigenvalue weighted by molar-refractivity contribution is 9.10. The molecule has 1 aliphatic rings. The topological polar surface area (TPSA) is 71.5 Å². The van der Waals surface area contributed by atoms with E-state index in [1.165, 1.54) is 41.5 Å². The van der Waals surface area contributed by atoms with Crippen molar-refractivity contribution in [1.29, 1.82) is 0 Å². The molecule has 1 aliphatic heterocycles. The first-order valence-corrected chi connectivity index (χ1v) is 10.3. The molecule has 0 spiro atoms. The van der Waals surface area contributed by atoms with Gasteiger partial charge in [-0.05, 0) is 35.9 Å². The third-order valence-corrected chi connectivity index (χ3v) is 5.79. The predicted molar refractivity (Wildman–Crippen MR) is 110 cm³/mol. The van der Waals surface area contributed by atoms with E-state index in [0.29, 0.717) is 16.4 Å². The minimum Gasteiger partial charge on any atom is -0.496 e. The van der Waals surface area contributed by atoms with E-state index >= 15 is 0 Å². The van der Waals surface area contributed by atoms with Gasteiger partial charge in [0.05, 0.1) is 7.11 Å². The van der Waals surface area contributed by atoms with E-state index in [2.05, 4.69) is 26.2 Å². The number of hydrogen-bond acceptors (Lipinski definition) is 5. The van der Waals surface area contributed by atoms with Crippen LogP contribution >= 0.6 is 27.3 Å². The molecule has 9 heteroatoms. The summed E-state index contributed by atoms with van der Waals surface area (Å²) < 4.78 is 20.2. The fraction of sp³-hybridized carbons (Fsp3) is 0.150. The number of carbonyl (C=O) groups is 2. The molecular formula is C20H15BrFN3O3S. The number of nitrogens with one attached hydrogen (secondary N) is 1. The minimum atomic E-state index is -1.09. The fourth-order valence-corrected chi connectivity index (χ4v) is 4.23.